The molecule has 0 fully saturated rings. The summed E-state index contributed by atoms with van der Waals surface area (Å²) in [6.45, 7) is 1.46. The number of anilines is 1. The molecule has 0 saturated carbocycles. The van der Waals surface area contributed by atoms with Crippen molar-refractivity contribution in [2.75, 3.05) is 5.32 Å². The molecule has 18 heavy (non-hydrogen) atoms. The van der Waals surface area contributed by atoms with Crippen LogP contribution in [-0.4, -0.2) is 10.9 Å². The molecular formula is C13H11FN2OS. The second-order valence-corrected chi connectivity index (χ2v) is 4.77. The smallest absolute Gasteiger partial charge is 0.221 e. The maximum absolute atomic E-state index is 12.9. The molecule has 0 spiro atoms. The number of hydrogen-bond donors (Lipinski definition) is 1. The van der Waals surface area contributed by atoms with Gasteiger partial charge in [0, 0.05) is 34.7 Å². The number of carbonyl (C=O) groups excluding carboxylic acids is 1. The molecule has 0 bridgehead atoms. The van der Waals surface area contributed by atoms with Gasteiger partial charge in [-0.3, -0.25) is 4.79 Å². The van der Waals surface area contributed by atoms with E-state index in [4.69, 9.17) is 0 Å². The van der Waals surface area contributed by atoms with Crippen molar-refractivity contribution in [3.8, 4) is 0 Å². The lowest BCUT2D eigenvalue weighted by atomic mass is 10.3. The molecule has 1 heterocycles. The predicted octanol–water partition coefficient (Wildman–Crippen LogP) is 3.33. The Morgan fingerprint density at radius 1 is 1.22 bits per heavy atom. The van der Waals surface area contributed by atoms with Crippen molar-refractivity contribution >= 4 is 23.4 Å². The standard InChI is InChI=1S/C13H11FN2OS/c1-9(17)16-10-2-4-11(5-3-10)18-12-6-7-15-13(14)8-12/h2-8H,1H3,(H,16,17). The van der Waals surface area contributed by atoms with E-state index in [-0.39, 0.29) is 5.91 Å². The topological polar surface area (TPSA) is 42.0 Å². The van der Waals surface area contributed by atoms with Gasteiger partial charge in [-0.05, 0) is 30.3 Å². The van der Waals surface area contributed by atoms with Gasteiger partial charge in [-0.15, -0.1) is 0 Å². The maximum atomic E-state index is 12.9. The molecule has 92 valence electrons. The van der Waals surface area contributed by atoms with Gasteiger partial charge in [-0.2, -0.15) is 4.39 Å². The van der Waals surface area contributed by atoms with Crippen LogP contribution in [0, 0.1) is 5.95 Å². The van der Waals surface area contributed by atoms with E-state index in [0.717, 1.165) is 15.5 Å². The van der Waals surface area contributed by atoms with Crippen LogP contribution in [0.15, 0.2) is 52.4 Å². The third-order valence-electron chi connectivity index (χ3n) is 2.11. The molecule has 0 aliphatic rings. The Balaban J connectivity index is 2.08. The minimum Gasteiger partial charge on any atom is -0.326 e. The Kier molecular flexibility index (Phi) is 3.94. The van der Waals surface area contributed by atoms with Gasteiger partial charge < -0.3 is 5.32 Å². The molecular weight excluding hydrogens is 251 g/mol. The van der Waals surface area contributed by atoms with Gasteiger partial charge in [-0.1, -0.05) is 11.8 Å². The highest BCUT2D eigenvalue weighted by Crippen LogP contribution is 2.28. The van der Waals surface area contributed by atoms with E-state index >= 15 is 0 Å². The number of benzene rings is 1. The van der Waals surface area contributed by atoms with Gasteiger partial charge in [0.15, 0.2) is 0 Å². The van der Waals surface area contributed by atoms with Crippen molar-refractivity contribution in [3.63, 3.8) is 0 Å². The number of hydrogen-bond acceptors (Lipinski definition) is 3. The first-order chi connectivity index (χ1) is 8.63. The van der Waals surface area contributed by atoms with Gasteiger partial charge in [0.1, 0.15) is 0 Å². The van der Waals surface area contributed by atoms with E-state index in [0.29, 0.717) is 0 Å². The fourth-order valence-electron chi connectivity index (χ4n) is 1.39. The van der Waals surface area contributed by atoms with E-state index in [1.807, 2.05) is 12.1 Å². The third-order valence-corrected chi connectivity index (χ3v) is 3.11. The van der Waals surface area contributed by atoms with E-state index in [2.05, 4.69) is 10.3 Å². The van der Waals surface area contributed by atoms with Gasteiger partial charge in [0.25, 0.3) is 0 Å². The van der Waals surface area contributed by atoms with E-state index < -0.39 is 5.95 Å². The lowest BCUT2D eigenvalue weighted by Crippen LogP contribution is -2.05. The van der Waals surface area contributed by atoms with Crippen molar-refractivity contribution in [3.05, 3.63) is 48.5 Å². The SMILES string of the molecule is CC(=O)Nc1ccc(Sc2ccnc(F)c2)cc1. The molecule has 0 aliphatic carbocycles. The molecule has 1 N–H and O–H groups in total. The number of rotatable bonds is 3. The van der Waals surface area contributed by atoms with Crippen molar-refractivity contribution in [2.45, 2.75) is 16.7 Å². The average Bonchev–Trinajstić information content (AvgIpc) is 2.31. The molecule has 1 aromatic carbocycles. The summed E-state index contributed by atoms with van der Waals surface area (Å²) >= 11 is 1.44. The molecule has 2 rings (SSSR count). The minimum absolute atomic E-state index is 0.105. The quantitative estimate of drug-likeness (QED) is 0.863. The summed E-state index contributed by atoms with van der Waals surface area (Å²) in [5.41, 5.74) is 0.743. The van der Waals surface area contributed by atoms with Crippen LogP contribution in [0.2, 0.25) is 0 Å². The van der Waals surface area contributed by atoms with E-state index in [1.165, 1.54) is 30.9 Å². The number of pyridine rings is 1. The number of nitrogens with one attached hydrogen (secondary N) is 1. The minimum atomic E-state index is -0.491. The van der Waals surface area contributed by atoms with Crippen LogP contribution in [0.25, 0.3) is 0 Å². The molecule has 1 amide bonds. The molecule has 0 radical (unpaired) electrons. The van der Waals surface area contributed by atoms with Gasteiger partial charge in [-0.25, -0.2) is 4.98 Å². The van der Waals surface area contributed by atoms with Gasteiger partial charge in [0.2, 0.25) is 11.9 Å². The van der Waals surface area contributed by atoms with Crippen LogP contribution < -0.4 is 5.32 Å². The monoisotopic (exact) mass is 262 g/mol. The first-order valence-electron chi connectivity index (χ1n) is 5.30. The van der Waals surface area contributed by atoms with Crippen molar-refractivity contribution in [1.82, 2.24) is 4.98 Å². The number of carbonyl (C=O) groups is 1. The van der Waals surface area contributed by atoms with Crippen molar-refractivity contribution in [1.29, 1.82) is 0 Å². The number of halogens is 1. The van der Waals surface area contributed by atoms with Crippen LogP contribution in [0.5, 0.6) is 0 Å². The van der Waals surface area contributed by atoms with Crippen LogP contribution in [0.1, 0.15) is 6.92 Å². The summed E-state index contributed by atoms with van der Waals surface area (Å²) in [6.07, 6.45) is 1.43. The number of nitrogens with zero attached hydrogens (tertiary/aromatic N) is 1. The Labute approximate surface area is 108 Å². The molecule has 0 saturated heterocycles. The Morgan fingerprint density at radius 3 is 2.56 bits per heavy atom. The largest absolute Gasteiger partial charge is 0.326 e. The van der Waals surface area contributed by atoms with Crippen molar-refractivity contribution < 1.29 is 9.18 Å². The maximum Gasteiger partial charge on any atom is 0.221 e. The fraction of sp³-hybridized carbons (Fsp3) is 0.0769. The molecule has 0 unspecified atom stereocenters. The third kappa shape index (κ3) is 3.56. The Hall–Kier alpha value is -1.88. The molecule has 2 aromatic rings. The Bertz CT molecular complexity index is 557. The highest BCUT2D eigenvalue weighted by molar-refractivity contribution is 7.99. The molecule has 5 heteroatoms. The fourth-order valence-corrected chi connectivity index (χ4v) is 2.22. The lowest BCUT2D eigenvalue weighted by Gasteiger charge is -2.04. The molecule has 1 aromatic heterocycles. The molecule has 0 aliphatic heterocycles. The molecule has 3 nitrogen and oxygen atoms in total. The normalized spacial score (nSPS) is 10.1. The van der Waals surface area contributed by atoms with Gasteiger partial charge in [0.05, 0.1) is 0 Å². The zero-order valence-corrected chi connectivity index (χ0v) is 10.5. The second-order valence-electron chi connectivity index (χ2n) is 3.62. The predicted molar refractivity (Wildman–Crippen MR) is 69.1 cm³/mol. The van der Waals surface area contributed by atoms with Crippen molar-refractivity contribution in [2.24, 2.45) is 0 Å². The lowest BCUT2D eigenvalue weighted by molar-refractivity contribution is -0.114. The summed E-state index contributed by atoms with van der Waals surface area (Å²) in [5, 5.41) is 2.69. The molecule has 0 atom stereocenters. The van der Waals surface area contributed by atoms with Crippen LogP contribution in [0.3, 0.4) is 0 Å². The average molecular weight is 262 g/mol. The first-order valence-corrected chi connectivity index (χ1v) is 6.12. The summed E-state index contributed by atoms with van der Waals surface area (Å²) in [5.74, 6) is -0.596. The summed E-state index contributed by atoms with van der Waals surface area (Å²) in [4.78, 5) is 16.1. The Morgan fingerprint density at radius 2 is 1.94 bits per heavy atom. The van der Waals surface area contributed by atoms with Crippen LogP contribution in [-0.2, 0) is 4.79 Å². The van der Waals surface area contributed by atoms with Gasteiger partial charge >= 0.3 is 0 Å². The van der Waals surface area contributed by atoms with E-state index in [9.17, 15) is 9.18 Å². The highest BCUT2D eigenvalue weighted by Gasteiger charge is 2.00. The van der Waals surface area contributed by atoms with E-state index in [1.54, 1.807) is 18.2 Å². The van der Waals surface area contributed by atoms with Crippen LogP contribution >= 0.6 is 11.8 Å². The zero-order chi connectivity index (χ0) is 13.0. The summed E-state index contributed by atoms with van der Waals surface area (Å²) in [6, 6.07) is 10.5. The highest BCUT2D eigenvalue weighted by atomic mass is 32.2. The summed E-state index contributed by atoms with van der Waals surface area (Å²) in [7, 11) is 0. The second kappa shape index (κ2) is 5.64. The number of aromatic nitrogens is 1. The first kappa shape index (κ1) is 12.6. The zero-order valence-electron chi connectivity index (χ0n) is 9.68. The summed E-state index contributed by atoms with van der Waals surface area (Å²) < 4.78 is 12.9. The number of amides is 1. The van der Waals surface area contributed by atoms with Crippen LogP contribution in [0.4, 0.5) is 10.1 Å².